The summed E-state index contributed by atoms with van der Waals surface area (Å²) in [7, 11) is -3.61. The van der Waals surface area contributed by atoms with Gasteiger partial charge in [-0.1, -0.05) is 6.92 Å². The summed E-state index contributed by atoms with van der Waals surface area (Å²) in [5.41, 5.74) is 5.65. The van der Waals surface area contributed by atoms with Crippen molar-refractivity contribution >= 4 is 15.8 Å². The minimum atomic E-state index is -3.61. The molecule has 1 fully saturated rings. The minimum absolute atomic E-state index is 0.0323. The lowest BCUT2D eigenvalue weighted by molar-refractivity contribution is 0.129. The summed E-state index contributed by atoms with van der Waals surface area (Å²) in [5.74, 6) is 0.708. The van der Waals surface area contributed by atoms with Crippen LogP contribution in [0.25, 0.3) is 0 Å². The summed E-state index contributed by atoms with van der Waals surface area (Å²) >= 11 is 0. The molecule has 8 heteroatoms. The lowest BCUT2D eigenvalue weighted by Crippen LogP contribution is -2.28. The molecule has 2 rings (SSSR count). The number of aromatic nitrogens is 2. The van der Waals surface area contributed by atoms with Crippen molar-refractivity contribution in [2.45, 2.75) is 37.6 Å². The predicted molar refractivity (Wildman–Crippen MR) is 75.7 cm³/mol. The van der Waals surface area contributed by atoms with Crippen molar-refractivity contribution in [2.75, 3.05) is 25.5 Å². The zero-order valence-corrected chi connectivity index (χ0v) is 12.5. The Labute approximate surface area is 119 Å². The maximum atomic E-state index is 12.1. The molecule has 1 aromatic rings. The fourth-order valence-corrected chi connectivity index (χ4v) is 2.91. The Hall–Kier alpha value is -1.12. The molecule has 20 heavy (non-hydrogen) atoms. The Morgan fingerprint density at radius 2 is 2.30 bits per heavy atom. The molecule has 0 saturated heterocycles. The standard InChI is InChI=1S/C12H22N4O3S/c1-2-6-16-8-11(12(13)15-16)20(17,18)14-5-7-19-9-10-3-4-10/h8,10,14H,2-7,9H2,1H3,(H2,13,15). The second-order valence-electron chi connectivity index (χ2n) is 5.06. The molecular weight excluding hydrogens is 280 g/mol. The van der Waals surface area contributed by atoms with E-state index in [-0.39, 0.29) is 17.3 Å². The van der Waals surface area contributed by atoms with Gasteiger partial charge in [0.25, 0.3) is 0 Å². The van der Waals surface area contributed by atoms with Crippen molar-refractivity contribution in [2.24, 2.45) is 5.92 Å². The Bertz CT molecular complexity index is 537. The van der Waals surface area contributed by atoms with Gasteiger partial charge in [-0.05, 0) is 25.2 Å². The topological polar surface area (TPSA) is 99.2 Å². The Kier molecular flexibility index (Phi) is 5.00. The average Bonchev–Trinajstić information content (AvgIpc) is 3.12. The number of aryl methyl sites for hydroxylation is 1. The summed E-state index contributed by atoms with van der Waals surface area (Å²) in [6.45, 7) is 3.97. The van der Waals surface area contributed by atoms with Gasteiger partial charge in [0.1, 0.15) is 4.90 Å². The first-order chi connectivity index (χ1) is 9.53. The average molecular weight is 302 g/mol. The maximum Gasteiger partial charge on any atom is 0.245 e. The molecule has 0 bridgehead atoms. The van der Waals surface area contributed by atoms with Crippen molar-refractivity contribution in [1.82, 2.24) is 14.5 Å². The van der Waals surface area contributed by atoms with Gasteiger partial charge in [-0.3, -0.25) is 4.68 Å². The van der Waals surface area contributed by atoms with Crippen LogP contribution in [0.1, 0.15) is 26.2 Å². The van der Waals surface area contributed by atoms with Crippen molar-refractivity contribution in [3.05, 3.63) is 6.20 Å². The third kappa shape index (κ3) is 4.19. The van der Waals surface area contributed by atoms with Gasteiger partial charge in [0.05, 0.1) is 6.61 Å². The van der Waals surface area contributed by atoms with Crippen molar-refractivity contribution in [3.63, 3.8) is 0 Å². The highest BCUT2D eigenvalue weighted by molar-refractivity contribution is 7.89. The third-order valence-electron chi connectivity index (χ3n) is 3.09. The zero-order valence-electron chi connectivity index (χ0n) is 11.7. The van der Waals surface area contributed by atoms with Gasteiger partial charge in [-0.2, -0.15) is 5.10 Å². The number of hydrogen-bond donors (Lipinski definition) is 2. The van der Waals surface area contributed by atoms with Gasteiger partial charge in [0.15, 0.2) is 5.82 Å². The number of nitrogen functional groups attached to an aromatic ring is 1. The molecule has 7 nitrogen and oxygen atoms in total. The van der Waals surface area contributed by atoms with E-state index < -0.39 is 10.0 Å². The highest BCUT2D eigenvalue weighted by atomic mass is 32.2. The van der Waals surface area contributed by atoms with Crippen LogP contribution in [0.2, 0.25) is 0 Å². The van der Waals surface area contributed by atoms with Crippen LogP contribution in [0.15, 0.2) is 11.1 Å². The van der Waals surface area contributed by atoms with E-state index in [9.17, 15) is 8.42 Å². The van der Waals surface area contributed by atoms with E-state index in [1.807, 2.05) is 6.92 Å². The molecule has 0 unspecified atom stereocenters. The van der Waals surface area contributed by atoms with E-state index in [1.165, 1.54) is 19.0 Å². The van der Waals surface area contributed by atoms with E-state index in [0.717, 1.165) is 13.0 Å². The van der Waals surface area contributed by atoms with Gasteiger partial charge in [0, 0.05) is 25.9 Å². The lowest BCUT2D eigenvalue weighted by atomic mass is 10.5. The number of rotatable bonds is 9. The van der Waals surface area contributed by atoms with Crippen molar-refractivity contribution in [3.8, 4) is 0 Å². The third-order valence-corrected chi connectivity index (χ3v) is 4.56. The van der Waals surface area contributed by atoms with Crippen LogP contribution >= 0.6 is 0 Å². The van der Waals surface area contributed by atoms with Crippen LogP contribution in [0.4, 0.5) is 5.82 Å². The first-order valence-electron chi connectivity index (χ1n) is 6.93. The first-order valence-corrected chi connectivity index (χ1v) is 8.41. The number of nitrogens with two attached hydrogens (primary N) is 1. The SMILES string of the molecule is CCCn1cc(S(=O)(=O)NCCOCC2CC2)c(N)n1. The van der Waals surface area contributed by atoms with Gasteiger partial charge < -0.3 is 10.5 Å². The molecule has 1 saturated carbocycles. The monoisotopic (exact) mass is 302 g/mol. The van der Waals surface area contributed by atoms with E-state index in [0.29, 0.717) is 19.1 Å². The number of nitrogens with zero attached hydrogens (tertiary/aromatic N) is 2. The molecule has 1 aromatic heterocycles. The lowest BCUT2D eigenvalue weighted by Gasteiger charge is -2.06. The van der Waals surface area contributed by atoms with Gasteiger partial charge in [-0.25, -0.2) is 13.1 Å². The normalized spacial score (nSPS) is 15.7. The fourth-order valence-electron chi connectivity index (χ4n) is 1.83. The van der Waals surface area contributed by atoms with E-state index in [4.69, 9.17) is 10.5 Å². The minimum Gasteiger partial charge on any atom is -0.381 e. The molecule has 3 N–H and O–H groups in total. The Morgan fingerprint density at radius 1 is 1.55 bits per heavy atom. The molecule has 1 aliphatic carbocycles. The summed E-state index contributed by atoms with van der Waals surface area (Å²) in [5, 5.41) is 3.99. The zero-order chi connectivity index (χ0) is 14.6. The molecule has 0 radical (unpaired) electrons. The molecule has 1 aliphatic rings. The number of anilines is 1. The molecule has 0 spiro atoms. The molecule has 0 aliphatic heterocycles. The summed E-state index contributed by atoms with van der Waals surface area (Å²) < 4.78 is 33.6. The fraction of sp³-hybridized carbons (Fsp3) is 0.750. The number of ether oxygens (including phenoxy) is 1. The highest BCUT2D eigenvalue weighted by Crippen LogP contribution is 2.28. The molecule has 114 valence electrons. The second-order valence-corrected chi connectivity index (χ2v) is 6.79. The molecule has 0 atom stereocenters. The van der Waals surface area contributed by atoms with Crippen LogP contribution in [-0.4, -0.2) is 38.0 Å². The summed E-state index contributed by atoms with van der Waals surface area (Å²) in [6, 6.07) is 0. The van der Waals surface area contributed by atoms with Crippen LogP contribution in [-0.2, 0) is 21.3 Å². The number of hydrogen-bond acceptors (Lipinski definition) is 5. The largest absolute Gasteiger partial charge is 0.381 e. The van der Waals surface area contributed by atoms with E-state index in [2.05, 4.69) is 9.82 Å². The van der Waals surface area contributed by atoms with Crippen LogP contribution in [0, 0.1) is 5.92 Å². The number of sulfonamides is 1. The maximum absolute atomic E-state index is 12.1. The molecule has 0 amide bonds. The smallest absolute Gasteiger partial charge is 0.245 e. The van der Waals surface area contributed by atoms with E-state index >= 15 is 0 Å². The molecule has 0 aromatic carbocycles. The van der Waals surface area contributed by atoms with Gasteiger partial charge >= 0.3 is 0 Å². The van der Waals surface area contributed by atoms with Crippen LogP contribution in [0.5, 0.6) is 0 Å². The summed E-state index contributed by atoms with van der Waals surface area (Å²) in [6.07, 6.45) is 4.77. The van der Waals surface area contributed by atoms with Crippen molar-refractivity contribution < 1.29 is 13.2 Å². The molecular formula is C12H22N4O3S. The summed E-state index contributed by atoms with van der Waals surface area (Å²) in [4.78, 5) is 0.0353. The van der Waals surface area contributed by atoms with E-state index in [1.54, 1.807) is 4.68 Å². The van der Waals surface area contributed by atoms with Crippen LogP contribution in [0.3, 0.4) is 0 Å². The van der Waals surface area contributed by atoms with Gasteiger partial charge in [0.2, 0.25) is 10.0 Å². The Morgan fingerprint density at radius 3 is 2.95 bits per heavy atom. The quantitative estimate of drug-likeness (QED) is 0.650. The number of nitrogens with one attached hydrogen (secondary N) is 1. The predicted octanol–water partition coefficient (Wildman–Crippen LogP) is 0.580. The highest BCUT2D eigenvalue weighted by Gasteiger charge is 2.22. The van der Waals surface area contributed by atoms with Crippen LogP contribution < -0.4 is 10.5 Å². The second kappa shape index (κ2) is 6.55. The first kappa shape index (κ1) is 15.3. The van der Waals surface area contributed by atoms with Gasteiger partial charge in [-0.15, -0.1) is 0 Å². The van der Waals surface area contributed by atoms with Crippen molar-refractivity contribution in [1.29, 1.82) is 0 Å². The Balaban J connectivity index is 1.84. The molecule has 1 heterocycles.